The number of aliphatic hydroxyl groups excluding tert-OH is 2. The molecule has 0 spiro atoms. The highest BCUT2D eigenvalue weighted by Gasteiger charge is 1.94. The summed E-state index contributed by atoms with van der Waals surface area (Å²) in [4.78, 5) is 0. The fraction of sp³-hybridized carbons (Fsp3) is 0.750. The summed E-state index contributed by atoms with van der Waals surface area (Å²) in [7, 11) is 0. The minimum absolute atomic E-state index is 0.281. The summed E-state index contributed by atoms with van der Waals surface area (Å²) in [6, 6.07) is 0. The Bertz CT molecular complexity index is 176. The molecule has 2 N–H and O–H groups in total. The van der Waals surface area contributed by atoms with Crippen LogP contribution in [0.4, 0.5) is 0 Å². The summed E-state index contributed by atoms with van der Waals surface area (Å²) in [6.07, 6.45) is 14.8. The van der Waals surface area contributed by atoms with Crippen LogP contribution in [-0.4, -0.2) is 16.3 Å². The summed E-state index contributed by atoms with van der Waals surface area (Å²) in [6.45, 7) is 7.84. The van der Waals surface area contributed by atoms with Gasteiger partial charge in [-0.15, -0.1) is 6.58 Å². The summed E-state index contributed by atoms with van der Waals surface area (Å²) in [5.41, 5.74) is 0. The van der Waals surface area contributed by atoms with E-state index in [0.29, 0.717) is 0 Å². The van der Waals surface area contributed by atoms with E-state index in [1.807, 2.05) is 0 Å². The van der Waals surface area contributed by atoms with Crippen molar-refractivity contribution in [2.24, 2.45) is 0 Å². The number of rotatable bonds is 10. The van der Waals surface area contributed by atoms with Gasteiger partial charge in [-0.05, 0) is 19.3 Å². The summed E-state index contributed by atoms with van der Waals surface area (Å²) < 4.78 is 0. The first-order valence-corrected chi connectivity index (χ1v) is 7.32. The van der Waals surface area contributed by atoms with E-state index in [-0.39, 0.29) is 6.10 Å². The molecule has 2 heteroatoms. The van der Waals surface area contributed by atoms with Crippen molar-refractivity contribution in [1.82, 2.24) is 0 Å². The number of unbranched alkanes of at least 4 members (excludes halogenated alkanes) is 6. The highest BCUT2D eigenvalue weighted by molar-refractivity contribution is 4.77. The molecule has 0 aromatic carbocycles. The molecule has 108 valence electrons. The third-order valence-corrected chi connectivity index (χ3v) is 2.71. The van der Waals surface area contributed by atoms with E-state index in [1.54, 1.807) is 12.2 Å². The predicted molar refractivity (Wildman–Crippen MR) is 80.9 cm³/mol. The lowest BCUT2D eigenvalue weighted by atomic mass is 10.1. The molecule has 0 fully saturated rings. The minimum Gasteiger partial charge on any atom is -0.516 e. The molecule has 0 aromatic rings. The Kier molecular flexibility index (Phi) is 20.2. The molecule has 0 bridgehead atoms. The van der Waals surface area contributed by atoms with E-state index in [4.69, 9.17) is 10.2 Å². The van der Waals surface area contributed by atoms with Gasteiger partial charge in [0.25, 0.3) is 0 Å². The van der Waals surface area contributed by atoms with Crippen molar-refractivity contribution in [2.75, 3.05) is 0 Å². The lowest BCUT2D eigenvalue weighted by Gasteiger charge is -2.01. The van der Waals surface area contributed by atoms with Crippen molar-refractivity contribution >= 4 is 0 Å². The van der Waals surface area contributed by atoms with Gasteiger partial charge in [0.1, 0.15) is 0 Å². The van der Waals surface area contributed by atoms with E-state index in [9.17, 15) is 0 Å². The molecule has 0 aliphatic rings. The number of aliphatic hydroxyl groups is 2. The fourth-order valence-electron chi connectivity index (χ4n) is 1.48. The van der Waals surface area contributed by atoms with Crippen LogP contribution >= 0.6 is 0 Å². The second-order valence-electron chi connectivity index (χ2n) is 4.53. The van der Waals surface area contributed by atoms with Gasteiger partial charge in [0.05, 0.1) is 12.4 Å². The van der Waals surface area contributed by atoms with Crippen LogP contribution in [0.3, 0.4) is 0 Å². The van der Waals surface area contributed by atoms with Gasteiger partial charge >= 0.3 is 0 Å². The van der Waals surface area contributed by atoms with Crippen LogP contribution in [0.1, 0.15) is 71.6 Å². The Labute approximate surface area is 113 Å². The van der Waals surface area contributed by atoms with Crippen LogP contribution in [0.15, 0.2) is 25.0 Å². The monoisotopic (exact) mass is 256 g/mol. The van der Waals surface area contributed by atoms with Gasteiger partial charge in [0, 0.05) is 0 Å². The topological polar surface area (TPSA) is 40.5 Å². The summed E-state index contributed by atoms with van der Waals surface area (Å²) in [5.74, 6) is 0. The molecule has 0 amide bonds. The molecule has 0 saturated carbocycles. The lowest BCUT2D eigenvalue weighted by molar-refractivity contribution is 0.208. The lowest BCUT2D eigenvalue weighted by Crippen LogP contribution is -1.99. The van der Waals surface area contributed by atoms with E-state index < -0.39 is 0 Å². The average Bonchev–Trinajstić information content (AvgIpc) is 2.39. The zero-order valence-electron chi connectivity index (χ0n) is 12.3. The molecule has 0 aromatic heterocycles. The van der Waals surface area contributed by atoms with Crippen LogP contribution in [0.2, 0.25) is 0 Å². The molecule has 0 heterocycles. The van der Waals surface area contributed by atoms with Crippen molar-refractivity contribution < 1.29 is 10.2 Å². The first kappa shape index (κ1) is 19.6. The Balaban J connectivity index is 0. The van der Waals surface area contributed by atoms with E-state index in [1.165, 1.54) is 38.5 Å². The standard InChI is InChI=1S/2C8H16O/c1-3-5-6-7-8(9)4-2;1-2-3-4-5-6-7-8-9/h4,8-9H,2-3,5-7H2,1H3;7-9H,2-6H2,1H3/b;8-7-. The van der Waals surface area contributed by atoms with Gasteiger partial charge < -0.3 is 10.2 Å². The zero-order chi connectivity index (χ0) is 14.1. The molecule has 1 unspecified atom stereocenters. The number of hydrogen-bond donors (Lipinski definition) is 2. The van der Waals surface area contributed by atoms with E-state index in [0.717, 1.165) is 25.5 Å². The molecule has 1 atom stereocenters. The SMILES string of the molecule is C=CC(O)CCCCC.CCCCCC/C=C\O. The normalized spacial score (nSPS) is 11.9. The third-order valence-electron chi connectivity index (χ3n) is 2.71. The predicted octanol–water partition coefficient (Wildman–Crippen LogP) is 5.14. The Morgan fingerprint density at radius 3 is 2.11 bits per heavy atom. The van der Waals surface area contributed by atoms with Crippen LogP contribution < -0.4 is 0 Å². The second-order valence-corrected chi connectivity index (χ2v) is 4.53. The highest BCUT2D eigenvalue weighted by atomic mass is 16.3. The number of hydrogen-bond acceptors (Lipinski definition) is 2. The second kappa shape index (κ2) is 18.6. The summed E-state index contributed by atoms with van der Waals surface area (Å²) in [5, 5.41) is 17.2. The smallest absolute Gasteiger partial charge is 0.0751 e. The molecular formula is C16H32O2. The van der Waals surface area contributed by atoms with Gasteiger partial charge in [0.15, 0.2) is 0 Å². The molecule has 2 nitrogen and oxygen atoms in total. The van der Waals surface area contributed by atoms with E-state index in [2.05, 4.69) is 20.4 Å². The van der Waals surface area contributed by atoms with Crippen LogP contribution in [-0.2, 0) is 0 Å². The molecule has 0 saturated heterocycles. The van der Waals surface area contributed by atoms with Gasteiger partial charge in [-0.25, -0.2) is 0 Å². The Morgan fingerprint density at radius 1 is 1.00 bits per heavy atom. The van der Waals surface area contributed by atoms with Gasteiger partial charge in [-0.2, -0.15) is 0 Å². The molecule has 0 rings (SSSR count). The van der Waals surface area contributed by atoms with Crippen LogP contribution in [0, 0.1) is 0 Å². The Hall–Kier alpha value is -0.760. The Morgan fingerprint density at radius 2 is 1.61 bits per heavy atom. The van der Waals surface area contributed by atoms with Crippen molar-refractivity contribution in [3.8, 4) is 0 Å². The molecule has 0 radical (unpaired) electrons. The van der Waals surface area contributed by atoms with Crippen molar-refractivity contribution in [2.45, 2.75) is 77.7 Å². The largest absolute Gasteiger partial charge is 0.516 e. The minimum atomic E-state index is -0.281. The molecule has 0 aliphatic carbocycles. The first-order valence-electron chi connectivity index (χ1n) is 7.32. The zero-order valence-corrected chi connectivity index (χ0v) is 12.3. The summed E-state index contributed by atoms with van der Waals surface area (Å²) >= 11 is 0. The third kappa shape index (κ3) is 20.6. The maximum atomic E-state index is 8.97. The molecule has 18 heavy (non-hydrogen) atoms. The van der Waals surface area contributed by atoms with Crippen molar-refractivity contribution in [3.63, 3.8) is 0 Å². The first-order chi connectivity index (χ1) is 8.72. The number of allylic oxidation sites excluding steroid dienone is 1. The van der Waals surface area contributed by atoms with Crippen molar-refractivity contribution in [1.29, 1.82) is 0 Å². The van der Waals surface area contributed by atoms with E-state index >= 15 is 0 Å². The maximum Gasteiger partial charge on any atom is 0.0751 e. The van der Waals surface area contributed by atoms with Crippen molar-refractivity contribution in [3.05, 3.63) is 25.0 Å². The van der Waals surface area contributed by atoms with Gasteiger partial charge in [-0.3, -0.25) is 0 Å². The quantitative estimate of drug-likeness (QED) is 0.323. The molecule has 0 aliphatic heterocycles. The van der Waals surface area contributed by atoms with Crippen LogP contribution in [0.5, 0.6) is 0 Å². The fourth-order valence-corrected chi connectivity index (χ4v) is 1.48. The van der Waals surface area contributed by atoms with Gasteiger partial charge in [0.2, 0.25) is 0 Å². The van der Waals surface area contributed by atoms with Gasteiger partial charge in [-0.1, -0.05) is 64.5 Å². The van der Waals surface area contributed by atoms with Crippen LogP contribution in [0.25, 0.3) is 0 Å². The highest BCUT2D eigenvalue weighted by Crippen LogP contribution is 2.03. The molecular weight excluding hydrogens is 224 g/mol. The maximum absolute atomic E-state index is 8.97. The average molecular weight is 256 g/mol.